The van der Waals surface area contributed by atoms with Crippen LogP contribution in [-0.4, -0.2) is 31.1 Å². The molecule has 0 aliphatic carbocycles. The molecule has 1 fully saturated rings. The Bertz CT molecular complexity index is 1320. The molecule has 1 amide bonds. The highest BCUT2D eigenvalue weighted by atomic mass is 35.5. The van der Waals surface area contributed by atoms with Crippen molar-refractivity contribution in [2.75, 3.05) is 6.54 Å². The number of halogens is 1. The molecule has 164 valence electrons. The third kappa shape index (κ3) is 4.44. The highest BCUT2D eigenvalue weighted by Gasteiger charge is 2.32. The Kier molecular flexibility index (Phi) is 6.64. The Balaban J connectivity index is 1.81. The van der Waals surface area contributed by atoms with Crippen LogP contribution in [0.4, 0.5) is 0 Å². The summed E-state index contributed by atoms with van der Waals surface area (Å²) in [5.41, 5.74) is 1.11. The van der Waals surface area contributed by atoms with Gasteiger partial charge in [0.05, 0.1) is 4.91 Å². The molecule has 0 spiro atoms. The number of hydrogen-bond acceptors (Lipinski definition) is 6. The van der Waals surface area contributed by atoms with E-state index in [-0.39, 0.29) is 22.9 Å². The van der Waals surface area contributed by atoms with Gasteiger partial charge in [0.15, 0.2) is 0 Å². The number of amides is 1. The maximum absolute atomic E-state index is 13.3. The van der Waals surface area contributed by atoms with Crippen LogP contribution in [0, 0.1) is 6.92 Å². The van der Waals surface area contributed by atoms with Crippen molar-refractivity contribution < 1.29 is 9.53 Å². The number of pyridine rings is 1. The summed E-state index contributed by atoms with van der Waals surface area (Å²) in [5, 5.41) is 0.611. The lowest BCUT2D eigenvalue weighted by atomic mass is 10.2. The van der Waals surface area contributed by atoms with E-state index >= 15 is 0 Å². The zero-order valence-electron chi connectivity index (χ0n) is 17.5. The van der Waals surface area contributed by atoms with Crippen molar-refractivity contribution in [1.29, 1.82) is 0 Å². The largest absolute Gasteiger partial charge is 0.438 e. The van der Waals surface area contributed by atoms with Gasteiger partial charge in [-0.1, -0.05) is 55.0 Å². The van der Waals surface area contributed by atoms with E-state index in [1.54, 1.807) is 47.5 Å². The van der Waals surface area contributed by atoms with Gasteiger partial charge in [0, 0.05) is 17.8 Å². The highest BCUT2D eigenvalue weighted by molar-refractivity contribution is 8.26. The van der Waals surface area contributed by atoms with E-state index in [2.05, 4.69) is 11.9 Å². The molecule has 32 heavy (non-hydrogen) atoms. The number of benzene rings is 1. The van der Waals surface area contributed by atoms with Crippen molar-refractivity contribution in [3.63, 3.8) is 0 Å². The Morgan fingerprint density at radius 2 is 2.06 bits per heavy atom. The second-order valence-electron chi connectivity index (χ2n) is 7.26. The zero-order chi connectivity index (χ0) is 22.8. The zero-order valence-corrected chi connectivity index (χ0v) is 19.9. The molecule has 0 bridgehead atoms. The minimum Gasteiger partial charge on any atom is -0.438 e. The number of hydrogen-bond donors (Lipinski definition) is 0. The number of thiocarbonyl (C=S) groups is 1. The van der Waals surface area contributed by atoms with Crippen LogP contribution in [0.15, 0.2) is 52.3 Å². The molecule has 3 aromatic rings. The van der Waals surface area contributed by atoms with E-state index in [4.69, 9.17) is 28.6 Å². The Morgan fingerprint density at radius 1 is 1.25 bits per heavy atom. The number of ether oxygens (including phenoxy) is 1. The fraction of sp³-hybridized carbons (Fsp3) is 0.217. The number of nitrogens with zero attached hydrogens (tertiary/aromatic N) is 3. The molecular formula is C23H20ClN3O3S2. The number of rotatable bonds is 6. The standard InChI is InChI=1S/C23H20ClN3O3S2/c1-3-4-10-27-22(29)18(32-23(27)31)13-16-20(30-15-8-9-17(24)14(2)12-15)25-19-7-5-6-11-26(19)21(16)28/h5-9,11-13H,3-4,10H2,1-2H3/b18-13+. The van der Waals surface area contributed by atoms with E-state index in [1.807, 2.05) is 6.92 Å². The predicted molar refractivity (Wildman–Crippen MR) is 133 cm³/mol. The lowest BCUT2D eigenvalue weighted by Crippen LogP contribution is -2.29. The number of aryl methyl sites for hydroxylation is 1. The fourth-order valence-corrected chi connectivity index (χ4v) is 4.62. The Labute approximate surface area is 199 Å². The summed E-state index contributed by atoms with van der Waals surface area (Å²) < 4.78 is 7.91. The van der Waals surface area contributed by atoms with Gasteiger partial charge in [-0.2, -0.15) is 4.98 Å². The average Bonchev–Trinajstić information content (AvgIpc) is 3.04. The van der Waals surface area contributed by atoms with Crippen molar-refractivity contribution in [3.05, 3.63) is 74.0 Å². The van der Waals surface area contributed by atoms with E-state index < -0.39 is 0 Å². The van der Waals surface area contributed by atoms with Crippen molar-refractivity contribution >= 4 is 57.5 Å². The number of carbonyl (C=O) groups is 1. The number of thioether (sulfide) groups is 1. The van der Waals surface area contributed by atoms with Gasteiger partial charge in [-0.05, 0) is 55.3 Å². The summed E-state index contributed by atoms with van der Waals surface area (Å²) in [6.45, 7) is 4.47. The lowest BCUT2D eigenvalue weighted by molar-refractivity contribution is -0.122. The normalized spacial score (nSPS) is 15.2. The van der Waals surface area contributed by atoms with Crippen LogP contribution < -0.4 is 10.3 Å². The van der Waals surface area contributed by atoms with Gasteiger partial charge in [-0.3, -0.25) is 18.9 Å². The maximum atomic E-state index is 13.3. The van der Waals surface area contributed by atoms with Crippen LogP contribution in [0.3, 0.4) is 0 Å². The molecule has 0 radical (unpaired) electrons. The smallest absolute Gasteiger partial charge is 0.269 e. The second kappa shape index (κ2) is 9.44. The summed E-state index contributed by atoms with van der Waals surface area (Å²) in [7, 11) is 0. The molecule has 1 aliphatic rings. The van der Waals surface area contributed by atoms with Gasteiger partial charge < -0.3 is 4.74 Å². The summed E-state index contributed by atoms with van der Waals surface area (Å²) >= 11 is 12.7. The van der Waals surface area contributed by atoms with Crippen LogP contribution in [-0.2, 0) is 4.79 Å². The molecular weight excluding hydrogens is 466 g/mol. The predicted octanol–water partition coefficient (Wildman–Crippen LogP) is 5.45. The molecule has 2 aromatic heterocycles. The SMILES string of the molecule is CCCCN1C(=O)/C(=C\c2c(Oc3ccc(Cl)c(C)c3)nc3ccccn3c2=O)SC1=S. The average molecular weight is 486 g/mol. The van der Waals surface area contributed by atoms with Gasteiger partial charge in [0.2, 0.25) is 5.88 Å². The number of unbranched alkanes of at least 4 members (excludes halogenated alkanes) is 1. The second-order valence-corrected chi connectivity index (χ2v) is 9.35. The number of aromatic nitrogens is 2. The Hall–Kier alpha value is -2.68. The topological polar surface area (TPSA) is 63.9 Å². The number of carbonyl (C=O) groups excluding carboxylic acids is 1. The number of fused-ring (bicyclic) bond motifs is 1. The highest BCUT2D eigenvalue weighted by Crippen LogP contribution is 2.34. The fourth-order valence-electron chi connectivity index (χ4n) is 3.22. The third-order valence-electron chi connectivity index (χ3n) is 4.96. The van der Waals surface area contributed by atoms with Gasteiger partial charge in [-0.25, -0.2) is 0 Å². The third-order valence-corrected chi connectivity index (χ3v) is 6.76. The molecule has 4 rings (SSSR count). The van der Waals surface area contributed by atoms with Crippen LogP contribution in [0.2, 0.25) is 5.02 Å². The van der Waals surface area contributed by atoms with Gasteiger partial charge in [-0.15, -0.1) is 0 Å². The Morgan fingerprint density at radius 3 is 2.81 bits per heavy atom. The molecule has 0 saturated carbocycles. The first kappa shape index (κ1) is 22.5. The molecule has 0 unspecified atom stereocenters. The van der Waals surface area contributed by atoms with Crippen LogP contribution in [0.5, 0.6) is 11.6 Å². The minimum absolute atomic E-state index is 0.113. The molecule has 1 saturated heterocycles. The van der Waals surface area contributed by atoms with Crippen molar-refractivity contribution in [3.8, 4) is 11.6 Å². The first-order valence-corrected chi connectivity index (χ1v) is 11.7. The lowest BCUT2D eigenvalue weighted by Gasteiger charge is -2.13. The molecule has 0 N–H and O–H groups in total. The summed E-state index contributed by atoms with van der Waals surface area (Å²) in [6, 6.07) is 10.4. The monoisotopic (exact) mass is 485 g/mol. The van der Waals surface area contributed by atoms with Gasteiger partial charge in [0.25, 0.3) is 11.5 Å². The van der Waals surface area contributed by atoms with E-state index in [1.165, 1.54) is 22.2 Å². The van der Waals surface area contributed by atoms with Crippen LogP contribution in [0.1, 0.15) is 30.9 Å². The first-order valence-electron chi connectivity index (χ1n) is 10.1. The summed E-state index contributed by atoms with van der Waals surface area (Å²) in [4.78, 5) is 32.7. The minimum atomic E-state index is -0.338. The summed E-state index contributed by atoms with van der Waals surface area (Å²) in [5.74, 6) is 0.394. The van der Waals surface area contributed by atoms with Crippen molar-refractivity contribution in [2.45, 2.75) is 26.7 Å². The van der Waals surface area contributed by atoms with E-state index in [0.717, 1.165) is 18.4 Å². The van der Waals surface area contributed by atoms with Gasteiger partial charge >= 0.3 is 0 Å². The van der Waals surface area contributed by atoms with E-state index in [9.17, 15) is 9.59 Å². The van der Waals surface area contributed by atoms with Crippen molar-refractivity contribution in [1.82, 2.24) is 14.3 Å². The van der Waals surface area contributed by atoms with Crippen LogP contribution >= 0.6 is 35.6 Å². The summed E-state index contributed by atoms with van der Waals surface area (Å²) in [6.07, 6.45) is 4.96. The molecule has 1 aliphatic heterocycles. The molecule has 9 heteroatoms. The molecule has 0 atom stereocenters. The molecule has 1 aromatic carbocycles. The van der Waals surface area contributed by atoms with Gasteiger partial charge in [0.1, 0.15) is 21.3 Å². The van der Waals surface area contributed by atoms with Crippen LogP contribution in [0.25, 0.3) is 11.7 Å². The molecule has 3 heterocycles. The maximum Gasteiger partial charge on any atom is 0.269 e. The first-order chi connectivity index (χ1) is 15.4. The van der Waals surface area contributed by atoms with Crippen molar-refractivity contribution in [2.24, 2.45) is 0 Å². The quantitative estimate of drug-likeness (QED) is 0.341. The van der Waals surface area contributed by atoms with E-state index in [0.29, 0.717) is 32.2 Å². The molecule has 6 nitrogen and oxygen atoms in total.